The highest BCUT2D eigenvalue weighted by molar-refractivity contribution is 7.98. The SMILES string of the molecule is CCOC(=O)C(C(=O)OCC)C(CSC)c1cccc(OC)c1. The summed E-state index contributed by atoms with van der Waals surface area (Å²) in [6, 6.07) is 7.39. The van der Waals surface area contributed by atoms with Crippen LogP contribution in [0.1, 0.15) is 25.3 Å². The van der Waals surface area contributed by atoms with Crippen LogP contribution in [0.5, 0.6) is 5.75 Å². The fraction of sp³-hybridized carbons (Fsp3) is 0.529. The Kier molecular flexibility index (Phi) is 8.55. The first-order valence-electron chi connectivity index (χ1n) is 7.55. The van der Waals surface area contributed by atoms with Crippen LogP contribution in [0.4, 0.5) is 0 Å². The maximum Gasteiger partial charge on any atom is 0.320 e. The Morgan fingerprint density at radius 1 is 1.13 bits per heavy atom. The molecule has 0 amide bonds. The van der Waals surface area contributed by atoms with Crippen molar-refractivity contribution in [2.24, 2.45) is 5.92 Å². The van der Waals surface area contributed by atoms with Gasteiger partial charge in [0.2, 0.25) is 0 Å². The second-order valence-corrected chi connectivity index (χ2v) is 5.73. The summed E-state index contributed by atoms with van der Waals surface area (Å²) >= 11 is 1.56. The third-order valence-electron chi connectivity index (χ3n) is 3.35. The van der Waals surface area contributed by atoms with Crippen molar-refractivity contribution in [3.05, 3.63) is 29.8 Å². The number of thioether (sulfide) groups is 1. The molecule has 1 rings (SSSR count). The molecule has 0 bridgehead atoms. The largest absolute Gasteiger partial charge is 0.497 e. The van der Waals surface area contributed by atoms with Gasteiger partial charge in [0, 0.05) is 11.7 Å². The number of carbonyl (C=O) groups is 2. The molecule has 1 aromatic rings. The highest BCUT2D eigenvalue weighted by atomic mass is 32.2. The van der Waals surface area contributed by atoms with Gasteiger partial charge in [-0.25, -0.2) is 0 Å². The Morgan fingerprint density at radius 3 is 2.22 bits per heavy atom. The first-order valence-corrected chi connectivity index (χ1v) is 8.94. The molecule has 5 nitrogen and oxygen atoms in total. The summed E-state index contributed by atoms with van der Waals surface area (Å²) in [5.41, 5.74) is 0.852. The predicted octanol–water partition coefficient (Wildman–Crippen LogP) is 2.88. The Hall–Kier alpha value is -1.69. The average Bonchev–Trinajstić information content (AvgIpc) is 2.55. The summed E-state index contributed by atoms with van der Waals surface area (Å²) in [6.07, 6.45) is 1.93. The van der Waals surface area contributed by atoms with E-state index in [1.54, 1.807) is 32.7 Å². The molecule has 0 aliphatic rings. The van der Waals surface area contributed by atoms with Gasteiger partial charge >= 0.3 is 11.9 Å². The third kappa shape index (κ3) is 5.46. The molecule has 0 aliphatic carbocycles. The molecule has 1 unspecified atom stereocenters. The molecule has 0 heterocycles. The molecule has 1 aromatic carbocycles. The molecule has 0 aliphatic heterocycles. The Balaban J connectivity index is 3.21. The molecule has 6 heteroatoms. The van der Waals surface area contributed by atoms with E-state index >= 15 is 0 Å². The normalized spacial score (nSPS) is 11.9. The molecule has 0 saturated heterocycles. The van der Waals surface area contributed by atoms with Crippen molar-refractivity contribution in [1.82, 2.24) is 0 Å². The van der Waals surface area contributed by atoms with Gasteiger partial charge in [-0.2, -0.15) is 11.8 Å². The van der Waals surface area contributed by atoms with E-state index in [0.29, 0.717) is 11.5 Å². The van der Waals surface area contributed by atoms with Gasteiger partial charge in [0.25, 0.3) is 0 Å². The summed E-state index contributed by atoms with van der Waals surface area (Å²) < 4.78 is 15.4. The molecule has 23 heavy (non-hydrogen) atoms. The van der Waals surface area contributed by atoms with Crippen LogP contribution >= 0.6 is 11.8 Å². The molecular weight excluding hydrogens is 316 g/mol. The average molecular weight is 340 g/mol. The van der Waals surface area contributed by atoms with E-state index in [2.05, 4.69) is 0 Å². The fourth-order valence-electron chi connectivity index (χ4n) is 2.33. The second-order valence-electron chi connectivity index (χ2n) is 4.82. The van der Waals surface area contributed by atoms with E-state index in [-0.39, 0.29) is 19.1 Å². The summed E-state index contributed by atoms with van der Waals surface area (Å²) in [4.78, 5) is 24.7. The molecule has 0 N–H and O–H groups in total. The van der Waals surface area contributed by atoms with Crippen LogP contribution in [0.2, 0.25) is 0 Å². The van der Waals surface area contributed by atoms with Crippen LogP contribution in [0.25, 0.3) is 0 Å². The van der Waals surface area contributed by atoms with E-state index in [4.69, 9.17) is 14.2 Å². The highest BCUT2D eigenvalue weighted by Crippen LogP contribution is 2.32. The van der Waals surface area contributed by atoms with Gasteiger partial charge in [-0.15, -0.1) is 0 Å². The van der Waals surface area contributed by atoms with Crippen molar-refractivity contribution in [2.45, 2.75) is 19.8 Å². The fourth-order valence-corrected chi connectivity index (χ4v) is 3.07. The maximum absolute atomic E-state index is 12.3. The topological polar surface area (TPSA) is 61.8 Å². The smallest absolute Gasteiger partial charge is 0.320 e. The van der Waals surface area contributed by atoms with Crippen LogP contribution < -0.4 is 4.74 Å². The molecule has 128 valence electrons. The van der Waals surface area contributed by atoms with Gasteiger partial charge in [-0.05, 0) is 37.8 Å². The van der Waals surface area contributed by atoms with Gasteiger partial charge in [0.1, 0.15) is 5.75 Å². The predicted molar refractivity (Wildman–Crippen MR) is 90.9 cm³/mol. The first-order chi connectivity index (χ1) is 11.1. The number of methoxy groups -OCH3 is 1. The highest BCUT2D eigenvalue weighted by Gasteiger charge is 2.38. The van der Waals surface area contributed by atoms with Crippen molar-refractivity contribution < 1.29 is 23.8 Å². The summed E-state index contributed by atoms with van der Waals surface area (Å²) in [5.74, 6) is -1.14. The molecule has 0 spiro atoms. The van der Waals surface area contributed by atoms with E-state index < -0.39 is 17.9 Å². The van der Waals surface area contributed by atoms with Gasteiger partial charge in [-0.3, -0.25) is 9.59 Å². The monoisotopic (exact) mass is 340 g/mol. The van der Waals surface area contributed by atoms with Crippen LogP contribution in [-0.2, 0) is 19.1 Å². The van der Waals surface area contributed by atoms with E-state index in [9.17, 15) is 9.59 Å². The molecule has 0 saturated carbocycles. The van der Waals surface area contributed by atoms with Crippen molar-refractivity contribution in [3.63, 3.8) is 0 Å². The zero-order chi connectivity index (χ0) is 17.2. The molecular formula is C17H24O5S. The van der Waals surface area contributed by atoms with Gasteiger partial charge in [0.05, 0.1) is 20.3 Å². The summed E-state index contributed by atoms with van der Waals surface area (Å²) in [6.45, 7) is 3.88. The number of hydrogen-bond donors (Lipinski definition) is 0. The lowest BCUT2D eigenvalue weighted by molar-refractivity contribution is -0.162. The third-order valence-corrected chi connectivity index (χ3v) is 4.04. The molecule has 0 aromatic heterocycles. The second kappa shape index (κ2) is 10.2. The zero-order valence-corrected chi connectivity index (χ0v) is 14.9. The molecule has 0 fully saturated rings. The Labute approximate surface area is 141 Å². The van der Waals surface area contributed by atoms with E-state index in [1.807, 2.05) is 30.5 Å². The lowest BCUT2D eigenvalue weighted by atomic mass is 9.87. The van der Waals surface area contributed by atoms with Crippen LogP contribution in [-0.4, -0.2) is 44.3 Å². The van der Waals surface area contributed by atoms with Crippen LogP contribution in [0, 0.1) is 5.92 Å². The van der Waals surface area contributed by atoms with Gasteiger partial charge in [-0.1, -0.05) is 12.1 Å². The number of rotatable bonds is 9. The summed E-state index contributed by atoms with van der Waals surface area (Å²) in [7, 11) is 1.58. The van der Waals surface area contributed by atoms with Crippen molar-refractivity contribution in [3.8, 4) is 5.75 Å². The first kappa shape index (κ1) is 19.4. The summed E-state index contributed by atoms with van der Waals surface area (Å²) in [5, 5.41) is 0. The lowest BCUT2D eigenvalue weighted by Gasteiger charge is -2.24. The maximum atomic E-state index is 12.3. The minimum Gasteiger partial charge on any atom is -0.497 e. The van der Waals surface area contributed by atoms with Gasteiger partial charge in [0.15, 0.2) is 5.92 Å². The molecule has 1 atom stereocenters. The van der Waals surface area contributed by atoms with Crippen molar-refractivity contribution >= 4 is 23.7 Å². The lowest BCUT2D eigenvalue weighted by Crippen LogP contribution is -2.34. The molecule has 0 radical (unpaired) electrons. The number of esters is 2. The number of benzene rings is 1. The number of carbonyl (C=O) groups excluding carboxylic acids is 2. The van der Waals surface area contributed by atoms with Crippen molar-refractivity contribution in [2.75, 3.05) is 32.3 Å². The number of ether oxygens (including phenoxy) is 3. The van der Waals surface area contributed by atoms with Crippen LogP contribution in [0.15, 0.2) is 24.3 Å². The quantitative estimate of drug-likeness (QED) is 0.509. The number of hydrogen-bond acceptors (Lipinski definition) is 6. The van der Waals surface area contributed by atoms with Crippen LogP contribution in [0.3, 0.4) is 0 Å². The Morgan fingerprint density at radius 2 is 1.74 bits per heavy atom. The minimum atomic E-state index is -0.977. The minimum absolute atomic E-state index is 0.221. The standard InChI is InChI=1S/C17H24O5S/c1-5-21-16(18)15(17(19)22-6-2)14(11-23-4)12-8-7-9-13(10-12)20-3/h7-10,14-15H,5-6,11H2,1-4H3. The Bertz CT molecular complexity index is 499. The van der Waals surface area contributed by atoms with Gasteiger partial charge < -0.3 is 14.2 Å². The van der Waals surface area contributed by atoms with E-state index in [1.165, 1.54) is 0 Å². The zero-order valence-electron chi connectivity index (χ0n) is 14.0. The van der Waals surface area contributed by atoms with Crippen molar-refractivity contribution in [1.29, 1.82) is 0 Å². The van der Waals surface area contributed by atoms with E-state index in [0.717, 1.165) is 5.56 Å².